The highest BCUT2D eigenvalue weighted by Crippen LogP contribution is 2.30. The Bertz CT molecular complexity index is 1470. The van der Waals surface area contributed by atoms with Gasteiger partial charge < -0.3 is 24.8 Å². The first-order valence-electron chi connectivity index (χ1n) is 12.9. The van der Waals surface area contributed by atoms with E-state index in [0.717, 1.165) is 24.3 Å². The number of nitrogens with one attached hydrogen (secondary N) is 2. The molecule has 0 bridgehead atoms. The summed E-state index contributed by atoms with van der Waals surface area (Å²) in [5.41, 5.74) is 4.82. The summed E-state index contributed by atoms with van der Waals surface area (Å²) in [5.74, 6) is -0.137. The number of aryl methyl sites for hydroxylation is 1. The second-order valence-corrected chi connectivity index (χ2v) is 12.1. The molecule has 208 valence electrons. The summed E-state index contributed by atoms with van der Waals surface area (Å²) < 4.78 is 31.1. The fourth-order valence-electron chi connectivity index (χ4n) is 4.95. The van der Waals surface area contributed by atoms with Gasteiger partial charge in [0.2, 0.25) is 0 Å². The molecule has 10 heteroatoms. The standard InChI is InChI=1S/C29H36N4O5S/c1-6-25-23(10-15-39(36,37)18-21-8-7-9-22(16-21)38-5)24(28(34)31-25)17-26-19(2)27(20(3)30-26)29(35)33-13-11-32(4)12-14-33/h6-10,16-17,30H,11-15,18H2,1-5H3,(H,31,34)/b23-10+,24-17-,25-6+. The van der Waals surface area contributed by atoms with Gasteiger partial charge in [-0.25, -0.2) is 8.42 Å². The molecule has 3 heterocycles. The molecule has 2 amide bonds. The Hall–Kier alpha value is -3.63. The number of ether oxygens (including phenoxy) is 1. The maximum absolute atomic E-state index is 13.3. The van der Waals surface area contributed by atoms with E-state index in [1.165, 1.54) is 7.11 Å². The molecule has 9 nitrogen and oxygen atoms in total. The lowest BCUT2D eigenvalue weighted by Gasteiger charge is -2.32. The van der Waals surface area contributed by atoms with E-state index in [2.05, 4.69) is 15.2 Å². The first-order valence-corrected chi connectivity index (χ1v) is 14.8. The van der Waals surface area contributed by atoms with E-state index in [1.54, 1.807) is 49.4 Å². The predicted molar refractivity (Wildman–Crippen MR) is 152 cm³/mol. The van der Waals surface area contributed by atoms with Crippen LogP contribution in [0.2, 0.25) is 0 Å². The van der Waals surface area contributed by atoms with Crippen LogP contribution in [0.25, 0.3) is 6.08 Å². The minimum Gasteiger partial charge on any atom is -0.497 e. The average Bonchev–Trinajstić information content (AvgIpc) is 3.36. The molecule has 39 heavy (non-hydrogen) atoms. The molecule has 0 spiro atoms. The lowest BCUT2D eigenvalue weighted by Crippen LogP contribution is -2.47. The van der Waals surface area contributed by atoms with Crippen molar-refractivity contribution in [3.8, 4) is 5.75 Å². The number of nitrogens with zero attached hydrogens (tertiary/aromatic N) is 2. The largest absolute Gasteiger partial charge is 0.497 e. The van der Waals surface area contributed by atoms with E-state index >= 15 is 0 Å². The van der Waals surface area contributed by atoms with Gasteiger partial charge in [-0.1, -0.05) is 24.3 Å². The summed E-state index contributed by atoms with van der Waals surface area (Å²) >= 11 is 0. The molecule has 0 unspecified atom stereocenters. The number of amides is 2. The van der Waals surface area contributed by atoms with Crippen molar-refractivity contribution in [3.63, 3.8) is 0 Å². The number of carbonyl (C=O) groups excluding carboxylic acids is 2. The minimum atomic E-state index is -3.52. The molecule has 2 aliphatic rings. The third-order valence-corrected chi connectivity index (χ3v) is 8.64. The fourth-order valence-corrected chi connectivity index (χ4v) is 6.18. The van der Waals surface area contributed by atoms with Crippen LogP contribution in [-0.4, -0.2) is 81.1 Å². The second-order valence-electron chi connectivity index (χ2n) is 10.00. The molecule has 0 aliphatic carbocycles. The number of aromatic amines is 1. The van der Waals surface area contributed by atoms with Crippen LogP contribution in [0, 0.1) is 13.8 Å². The number of rotatable bonds is 7. The van der Waals surface area contributed by atoms with Crippen molar-refractivity contribution < 1.29 is 22.7 Å². The molecule has 2 saturated heterocycles. The van der Waals surface area contributed by atoms with E-state index < -0.39 is 9.84 Å². The molecule has 4 rings (SSSR count). The quantitative estimate of drug-likeness (QED) is 0.511. The summed E-state index contributed by atoms with van der Waals surface area (Å²) in [6, 6.07) is 6.96. The summed E-state index contributed by atoms with van der Waals surface area (Å²) in [5, 5.41) is 2.83. The van der Waals surface area contributed by atoms with Crippen LogP contribution >= 0.6 is 0 Å². The lowest BCUT2D eigenvalue weighted by molar-refractivity contribution is -0.115. The highest BCUT2D eigenvalue weighted by molar-refractivity contribution is 7.90. The molecule has 2 N–H and O–H groups in total. The molecular formula is C29H36N4O5S. The number of hydrogen-bond acceptors (Lipinski definition) is 6. The van der Waals surface area contributed by atoms with Gasteiger partial charge in [0.05, 0.1) is 29.8 Å². The highest BCUT2D eigenvalue weighted by atomic mass is 32.2. The van der Waals surface area contributed by atoms with E-state index in [-0.39, 0.29) is 23.3 Å². The van der Waals surface area contributed by atoms with Gasteiger partial charge in [-0.05, 0) is 57.2 Å². The molecule has 0 saturated carbocycles. The van der Waals surface area contributed by atoms with E-state index in [4.69, 9.17) is 4.74 Å². The zero-order valence-electron chi connectivity index (χ0n) is 23.1. The van der Waals surface area contributed by atoms with Crippen molar-refractivity contribution in [1.29, 1.82) is 0 Å². The zero-order chi connectivity index (χ0) is 28.3. The Morgan fingerprint density at radius 1 is 1.13 bits per heavy atom. The van der Waals surface area contributed by atoms with Crippen LogP contribution in [0.3, 0.4) is 0 Å². The van der Waals surface area contributed by atoms with Crippen LogP contribution in [0.15, 0.2) is 53.3 Å². The van der Waals surface area contributed by atoms with Gasteiger partial charge in [-0.15, -0.1) is 0 Å². The topological polar surface area (TPSA) is 112 Å². The molecule has 0 atom stereocenters. The van der Waals surface area contributed by atoms with E-state index in [1.807, 2.05) is 25.8 Å². The summed E-state index contributed by atoms with van der Waals surface area (Å²) in [7, 11) is 0.0586. The molecular weight excluding hydrogens is 516 g/mol. The minimum absolute atomic E-state index is 0.0246. The third-order valence-electron chi connectivity index (χ3n) is 7.19. The Kier molecular flexibility index (Phi) is 8.46. The number of benzene rings is 1. The van der Waals surface area contributed by atoms with Gasteiger partial charge in [0, 0.05) is 48.8 Å². The smallest absolute Gasteiger partial charge is 0.256 e. The number of piperazine rings is 1. The van der Waals surface area contributed by atoms with Gasteiger partial charge >= 0.3 is 0 Å². The molecule has 2 aliphatic heterocycles. The normalized spacial score (nSPS) is 19.8. The lowest BCUT2D eigenvalue weighted by atomic mass is 10.0. The van der Waals surface area contributed by atoms with Gasteiger partial charge in [0.1, 0.15) is 5.75 Å². The Morgan fingerprint density at radius 3 is 2.51 bits per heavy atom. The Balaban J connectivity index is 1.62. The van der Waals surface area contributed by atoms with Crippen molar-refractivity contribution in [3.05, 3.63) is 81.3 Å². The third kappa shape index (κ3) is 6.34. The number of allylic oxidation sites excluding steroid dienone is 2. The first-order chi connectivity index (χ1) is 18.5. The SMILES string of the molecule is C/C=C1/NC(=O)C(=C\c2[nH]c(C)c(C(=O)N3CCN(C)CC3)c2C)/C1=C\CS(=O)(=O)Cc1cccc(OC)c1. The zero-order valence-corrected chi connectivity index (χ0v) is 23.9. The van der Waals surface area contributed by atoms with Gasteiger partial charge in [0.15, 0.2) is 9.84 Å². The number of H-pyrrole nitrogens is 1. The molecule has 1 aromatic carbocycles. The van der Waals surface area contributed by atoms with Crippen molar-refractivity contribution in [2.45, 2.75) is 26.5 Å². The summed E-state index contributed by atoms with van der Waals surface area (Å²) in [6.07, 6.45) is 5.03. The van der Waals surface area contributed by atoms with Crippen LogP contribution in [0.5, 0.6) is 5.75 Å². The maximum Gasteiger partial charge on any atom is 0.256 e. The number of methoxy groups -OCH3 is 1. The Morgan fingerprint density at radius 2 is 1.85 bits per heavy atom. The molecule has 2 fully saturated rings. The van der Waals surface area contributed by atoms with Crippen LogP contribution in [0.1, 0.15) is 39.8 Å². The van der Waals surface area contributed by atoms with E-state index in [9.17, 15) is 18.0 Å². The van der Waals surface area contributed by atoms with Gasteiger partial charge in [-0.2, -0.15) is 0 Å². The van der Waals surface area contributed by atoms with Crippen molar-refractivity contribution in [2.75, 3.05) is 46.1 Å². The number of aromatic nitrogens is 1. The van der Waals surface area contributed by atoms with Crippen LogP contribution in [-0.2, 0) is 20.4 Å². The number of likely N-dealkylation sites (N-methyl/N-ethyl adjacent to an activating group) is 1. The number of carbonyl (C=O) groups is 2. The molecule has 1 aromatic heterocycles. The van der Waals surface area contributed by atoms with Crippen molar-refractivity contribution in [2.24, 2.45) is 0 Å². The summed E-state index contributed by atoms with van der Waals surface area (Å²) in [6.45, 7) is 8.49. The monoisotopic (exact) mass is 552 g/mol. The summed E-state index contributed by atoms with van der Waals surface area (Å²) in [4.78, 5) is 33.6. The van der Waals surface area contributed by atoms with Gasteiger partial charge in [0.25, 0.3) is 11.8 Å². The number of sulfone groups is 1. The highest BCUT2D eigenvalue weighted by Gasteiger charge is 2.29. The fraction of sp³-hybridized carbons (Fsp3) is 0.379. The molecule has 2 aromatic rings. The first kappa shape index (κ1) is 28.4. The molecule has 0 radical (unpaired) electrons. The Labute approximate surface area is 230 Å². The van der Waals surface area contributed by atoms with Gasteiger partial charge in [-0.3, -0.25) is 9.59 Å². The van der Waals surface area contributed by atoms with Crippen LogP contribution < -0.4 is 10.1 Å². The predicted octanol–water partition coefficient (Wildman–Crippen LogP) is 2.99. The number of hydrogen-bond donors (Lipinski definition) is 2. The van der Waals surface area contributed by atoms with Crippen LogP contribution in [0.4, 0.5) is 0 Å². The van der Waals surface area contributed by atoms with Crippen molar-refractivity contribution in [1.82, 2.24) is 20.1 Å². The maximum atomic E-state index is 13.3. The van der Waals surface area contributed by atoms with Crippen molar-refractivity contribution >= 4 is 27.7 Å². The van der Waals surface area contributed by atoms with E-state index in [0.29, 0.717) is 52.5 Å². The average molecular weight is 553 g/mol. The second kappa shape index (κ2) is 11.6.